The first kappa shape index (κ1) is 25.5. The highest BCUT2D eigenvalue weighted by Gasteiger charge is 2.32. The highest BCUT2D eigenvalue weighted by molar-refractivity contribution is 7.07. The van der Waals surface area contributed by atoms with Crippen molar-refractivity contribution in [3.63, 3.8) is 0 Å². The average Bonchev–Trinajstić information content (AvgIpc) is 3.24. The van der Waals surface area contributed by atoms with Gasteiger partial charge in [0.15, 0.2) is 4.80 Å². The number of nitro groups is 1. The van der Waals surface area contributed by atoms with Crippen LogP contribution < -0.4 is 14.9 Å². The third-order valence-electron chi connectivity index (χ3n) is 6.91. The SMILES string of the molecule is O=c1/c(=C\c2cccc([N+](=O)[O-])c2)sc2n1C(c1ccc(Cl)cc1)C1=C(N=2)/C(=C\c2ccc(Cl)cc2)CCC1. The molecule has 0 radical (unpaired) electrons. The minimum absolute atomic E-state index is 0.0250. The summed E-state index contributed by atoms with van der Waals surface area (Å²) in [5.41, 5.74) is 5.51. The lowest BCUT2D eigenvalue weighted by Crippen LogP contribution is -2.39. The highest BCUT2D eigenvalue weighted by atomic mass is 35.5. The number of allylic oxidation sites excluding steroid dienone is 2. The second-order valence-electron chi connectivity index (χ2n) is 9.43. The maximum atomic E-state index is 13.8. The molecule has 0 fully saturated rings. The molecule has 9 heteroatoms. The summed E-state index contributed by atoms with van der Waals surface area (Å²) in [6.45, 7) is 0. The van der Waals surface area contributed by atoms with Gasteiger partial charge in [-0.1, -0.05) is 70.9 Å². The van der Waals surface area contributed by atoms with Crippen molar-refractivity contribution in [2.24, 2.45) is 4.99 Å². The zero-order valence-electron chi connectivity index (χ0n) is 20.5. The van der Waals surface area contributed by atoms with Gasteiger partial charge in [-0.15, -0.1) is 0 Å². The van der Waals surface area contributed by atoms with Crippen LogP contribution in [0.15, 0.2) is 99.4 Å². The van der Waals surface area contributed by atoms with E-state index in [0.29, 0.717) is 24.9 Å². The van der Waals surface area contributed by atoms with Crippen molar-refractivity contribution in [1.82, 2.24) is 4.57 Å². The van der Waals surface area contributed by atoms with Crippen molar-refractivity contribution in [2.45, 2.75) is 25.3 Å². The van der Waals surface area contributed by atoms with Gasteiger partial charge in [0.25, 0.3) is 11.2 Å². The number of benzene rings is 3. The van der Waals surface area contributed by atoms with E-state index in [1.54, 1.807) is 22.8 Å². The Kier molecular flexibility index (Phi) is 6.81. The second kappa shape index (κ2) is 10.4. The van der Waals surface area contributed by atoms with Gasteiger partial charge in [0, 0.05) is 22.2 Å². The minimum Gasteiger partial charge on any atom is -0.272 e. The summed E-state index contributed by atoms with van der Waals surface area (Å²) in [4.78, 5) is 30.3. The monoisotopic (exact) mass is 573 g/mol. The molecular formula is C30H21Cl2N3O3S. The number of aromatic nitrogens is 1. The Balaban J connectivity index is 1.56. The van der Waals surface area contributed by atoms with Crippen LogP contribution in [-0.2, 0) is 0 Å². The number of non-ortho nitro benzene ring substituents is 1. The summed E-state index contributed by atoms with van der Waals surface area (Å²) in [5, 5.41) is 12.6. The van der Waals surface area contributed by atoms with E-state index >= 15 is 0 Å². The van der Waals surface area contributed by atoms with E-state index in [9.17, 15) is 14.9 Å². The van der Waals surface area contributed by atoms with Gasteiger partial charge in [-0.3, -0.25) is 19.5 Å². The fraction of sp³-hybridized carbons (Fsp3) is 0.133. The van der Waals surface area contributed by atoms with Crippen molar-refractivity contribution < 1.29 is 4.92 Å². The highest BCUT2D eigenvalue weighted by Crippen LogP contribution is 2.41. The van der Waals surface area contributed by atoms with Gasteiger partial charge in [-0.25, -0.2) is 4.99 Å². The van der Waals surface area contributed by atoms with Gasteiger partial charge in [-0.2, -0.15) is 0 Å². The maximum absolute atomic E-state index is 13.8. The molecule has 2 aliphatic rings. The molecule has 6 rings (SSSR count). The molecule has 0 saturated carbocycles. The van der Waals surface area contributed by atoms with Crippen LogP contribution in [0.25, 0.3) is 12.2 Å². The average molecular weight is 574 g/mol. The first-order valence-corrected chi connectivity index (χ1v) is 14.0. The third-order valence-corrected chi connectivity index (χ3v) is 8.40. The zero-order valence-corrected chi connectivity index (χ0v) is 22.8. The van der Waals surface area contributed by atoms with Gasteiger partial charge in [0.05, 0.1) is 21.2 Å². The number of hydrogen-bond donors (Lipinski definition) is 0. The third kappa shape index (κ3) is 5.01. The predicted octanol–water partition coefficient (Wildman–Crippen LogP) is 6.70. The van der Waals surface area contributed by atoms with E-state index in [0.717, 1.165) is 47.2 Å². The van der Waals surface area contributed by atoms with Crippen LogP contribution in [0, 0.1) is 10.1 Å². The zero-order chi connectivity index (χ0) is 27.1. The Hall–Kier alpha value is -3.78. The lowest BCUT2D eigenvalue weighted by molar-refractivity contribution is -0.384. The van der Waals surface area contributed by atoms with Crippen LogP contribution >= 0.6 is 34.5 Å². The van der Waals surface area contributed by atoms with Gasteiger partial charge >= 0.3 is 0 Å². The Bertz CT molecular complexity index is 1850. The second-order valence-corrected chi connectivity index (χ2v) is 11.3. The fourth-order valence-corrected chi connectivity index (χ4v) is 6.39. The Morgan fingerprint density at radius 3 is 2.38 bits per heavy atom. The molecule has 0 spiro atoms. The number of halogens is 2. The van der Waals surface area contributed by atoms with Crippen LogP contribution in [0.3, 0.4) is 0 Å². The summed E-state index contributed by atoms with van der Waals surface area (Å²) in [6.07, 6.45) is 6.48. The number of hydrogen-bond acceptors (Lipinski definition) is 5. The number of nitro benzene ring substituents is 1. The summed E-state index contributed by atoms with van der Waals surface area (Å²) >= 11 is 13.6. The maximum Gasteiger partial charge on any atom is 0.271 e. The Morgan fingerprint density at radius 1 is 0.949 bits per heavy atom. The lowest BCUT2D eigenvalue weighted by atomic mass is 9.84. The molecule has 194 valence electrons. The standard InChI is InChI=1S/C30H21Cl2N3O3S/c31-22-11-7-18(8-12-22)15-21-4-2-6-25-27(21)33-30-34(28(25)20-9-13-23(32)14-10-20)29(36)26(39-30)17-19-3-1-5-24(16-19)35(37)38/h1,3,5,7-17,28H,2,4,6H2/b21-15-,26-17+. The quantitative estimate of drug-likeness (QED) is 0.201. The van der Waals surface area contributed by atoms with Crippen LogP contribution in [0.4, 0.5) is 5.69 Å². The molecule has 3 aromatic carbocycles. The first-order valence-electron chi connectivity index (χ1n) is 12.4. The molecule has 0 amide bonds. The fourth-order valence-electron chi connectivity index (χ4n) is 5.14. The van der Waals surface area contributed by atoms with Gasteiger partial charge in [-0.05, 0) is 83.5 Å². The summed E-state index contributed by atoms with van der Waals surface area (Å²) in [5.74, 6) is 0. The summed E-state index contributed by atoms with van der Waals surface area (Å²) in [6, 6.07) is 21.2. The van der Waals surface area contributed by atoms with Gasteiger partial charge < -0.3 is 0 Å². The minimum atomic E-state index is -0.442. The molecule has 0 saturated heterocycles. The van der Waals surface area contributed by atoms with Gasteiger partial charge in [0.1, 0.15) is 0 Å². The van der Waals surface area contributed by atoms with Crippen LogP contribution in [-0.4, -0.2) is 9.49 Å². The number of nitrogens with zero attached hydrogens (tertiary/aromatic N) is 3. The lowest BCUT2D eigenvalue weighted by Gasteiger charge is -2.31. The van der Waals surface area contributed by atoms with Crippen molar-refractivity contribution >= 4 is 52.4 Å². The molecule has 1 aliphatic carbocycles. The van der Waals surface area contributed by atoms with E-state index in [1.165, 1.54) is 23.5 Å². The molecule has 1 aliphatic heterocycles. The van der Waals surface area contributed by atoms with E-state index in [1.807, 2.05) is 48.5 Å². The largest absolute Gasteiger partial charge is 0.272 e. The number of fused-ring (bicyclic) bond motifs is 1. The van der Waals surface area contributed by atoms with Crippen molar-refractivity contribution in [2.75, 3.05) is 0 Å². The molecule has 1 aromatic heterocycles. The summed E-state index contributed by atoms with van der Waals surface area (Å²) < 4.78 is 2.22. The van der Waals surface area contributed by atoms with E-state index in [-0.39, 0.29) is 17.3 Å². The number of rotatable bonds is 4. The molecule has 39 heavy (non-hydrogen) atoms. The predicted molar refractivity (Wildman–Crippen MR) is 156 cm³/mol. The van der Waals surface area contributed by atoms with E-state index < -0.39 is 4.92 Å². The van der Waals surface area contributed by atoms with Crippen LogP contribution in [0.5, 0.6) is 0 Å². The number of thiazole rings is 1. The summed E-state index contributed by atoms with van der Waals surface area (Å²) in [7, 11) is 0. The van der Waals surface area contributed by atoms with E-state index in [2.05, 4.69) is 6.08 Å². The van der Waals surface area contributed by atoms with E-state index in [4.69, 9.17) is 28.2 Å². The molecule has 2 heterocycles. The molecular weight excluding hydrogens is 553 g/mol. The smallest absolute Gasteiger partial charge is 0.271 e. The molecule has 1 atom stereocenters. The normalized spacial score (nSPS) is 18.1. The van der Waals surface area contributed by atoms with Crippen molar-refractivity contribution in [3.8, 4) is 0 Å². The van der Waals surface area contributed by atoms with Gasteiger partial charge in [0.2, 0.25) is 0 Å². The van der Waals surface area contributed by atoms with Crippen molar-refractivity contribution in [1.29, 1.82) is 0 Å². The van der Waals surface area contributed by atoms with Crippen molar-refractivity contribution in [3.05, 3.63) is 146 Å². The van der Waals surface area contributed by atoms with Crippen LogP contribution in [0.1, 0.15) is 42.0 Å². The molecule has 4 aromatic rings. The molecule has 6 nitrogen and oxygen atoms in total. The topological polar surface area (TPSA) is 77.5 Å². The molecule has 0 bridgehead atoms. The van der Waals surface area contributed by atoms with Crippen LogP contribution in [0.2, 0.25) is 10.0 Å². The Labute approximate surface area is 237 Å². The molecule has 1 unspecified atom stereocenters. The Morgan fingerprint density at radius 2 is 1.67 bits per heavy atom. The first-order chi connectivity index (χ1) is 18.9. The molecule has 0 N–H and O–H groups in total.